The molecule has 4 aliphatic rings. The van der Waals surface area contributed by atoms with E-state index < -0.39 is 0 Å². The fraction of sp³-hybridized carbons (Fsp3) is 0.538. The Balaban J connectivity index is 1.34. The predicted molar refractivity (Wildman–Crippen MR) is 128 cm³/mol. The van der Waals surface area contributed by atoms with Crippen molar-refractivity contribution in [3.63, 3.8) is 0 Å². The van der Waals surface area contributed by atoms with Gasteiger partial charge in [0.15, 0.2) is 5.13 Å². The molecule has 2 saturated carbocycles. The number of carbonyl (C=O) groups is 1. The zero-order valence-electron chi connectivity index (χ0n) is 18.2. The quantitative estimate of drug-likeness (QED) is 0.520. The first-order valence-electron chi connectivity index (χ1n) is 11.7. The van der Waals surface area contributed by atoms with Gasteiger partial charge in [-0.1, -0.05) is 43.7 Å². The maximum absolute atomic E-state index is 12.7. The highest BCUT2D eigenvalue weighted by atomic mass is 35.5. The maximum atomic E-state index is 12.7. The number of para-hydroxylation sites is 1. The number of aryl methyl sites for hydroxylation is 1. The van der Waals surface area contributed by atoms with Gasteiger partial charge in [-0.3, -0.25) is 4.79 Å². The van der Waals surface area contributed by atoms with Crippen LogP contribution >= 0.6 is 22.9 Å². The number of allylic oxidation sites excluding steroid dienone is 2. The highest BCUT2D eigenvalue weighted by Crippen LogP contribution is 2.65. The molecule has 4 aliphatic carbocycles. The molecule has 0 spiro atoms. The fourth-order valence-electron chi connectivity index (χ4n) is 7.39. The van der Waals surface area contributed by atoms with E-state index in [4.69, 9.17) is 16.6 Å². The fourth-order valence-corrected chi connectivity index (χ4v) is 8.56. The van der Waals surface area contributed by atoms with Gasteiger partial charge in [-0.15, -0.1) is 11.3 Å². The molecule has 0 aliphatic heterocycles. The lowest BCUT2D eigenvalue weighted by atomic mass is 9.48. The molecule has 1 aromatic heterocycles. The molecule has 5 atom stereocenters. The molecule has 6 rings (SSSR count). The normalized spacial score (nSPS) is 36.2. The van der Waals surface area contributed by atoms with Crippen molar-refractivity contribution in [1.29, 1.82) is 0 Å². The van der Waals surface area contributed by atoms with E-state index >= 15 is 0 Å². The first kappa shape index (κ1) is 20.0. The number of halogens is 1. The smallest absolute Gasteiger partial charge is 0.188 e. The molecule has 0 saturated heterocycles. The number of aromatic nitrogens is 1. The largest absolute Gasteiger partial charge is 0.330 e. The zero-order valence-corrected chi connectivity index (χ0v) is 19.8. The van der Waals surface area contributed by atoms with E-state index in [1.165, 1.54) is 29.0 Å². The highest BCUT2D eigenvalue weighted by molar-refractivity contribution is 7.15. The molecule has 0 bridgehead atoms. The third kappa shape index (κ3) is 2.83. The number of fused-ring (bicyclic) bond motifs is 7. The van der Waals surface area contributed by atoms with Crippen LogP contribution in [0.1, 0.15) is 62.9 Å². The van der Waals surface area contributed by atoms with Crippen LogP contribution in [0, 0.1) is 28.6 Å². The van der Waals surface area contributed by atoms with Gasteiger partial charge in [0.2, 0.25) is 0 Å². The molecule has 0 amide bonds. The lowest BCUT2D eigenvalue weighted by Gasteiger charge is -2.55. The number of hydrogen-bond acceptors (Lipinski definition) is 4. The average molecular weight is 453 g/mol. The first-order valence-corrected chi connectivity index (χ1v) is 12.9. The summed E-state index contributed by atoms with van der Waals surface area (Å²) in [6, 6.07) is 7.84. The minimum absolute atomic E-state index is 0.0601. The number of nitrogens with zero attached hydrogens (tertiary/aromatic N) is 1. The molecule has 2 fully saturated rings. The van der Waals surface area contributed by atoms with E-state index in [-0.39, 0.29) is 10.8 Å². The number of benzene rings is 1. The summed E-state index contributed by atoms with van der Waals surface area (Å²) in [5.74, 6) is 2.42. The van der Waals surface area contributed by atoms with E-state index in [0.717, 1.165) is 47.9 Å². The summed E-state index contributed by atoms with van der Waals surface area (Å²) < 4.78 is 0. The summed E-state index contributed by atoms with van der Waals surface area (Å²) in [7, 11) is 0. The van der Waals surface area contributed by atoms with Crippen molar-refractivity contribution < 1.29 is 4.79 Å². The Morgan fingerprint density at radius 2 is 1.90 bits per heavy atom. The van der Waals surface area contributed by atoms with E-state index in [1.807, 2.05) is 24.3 Å². The van der Waals surface area contributed by atoms with Gasteiger partial charge in [0.25, 0.3) is 0 Å². The van der Waals surface area contributed by atoms with Crippen LogP contribution in [-0.2, 0) is 11.2 Å². The Labute approximate surface area is 193 Å². The summed E-state index contributed by atoms with van der Waals surface area (Å²) in [4.78, 5) is 19.1. The van der Waals surface area contributed by atoms with Gasteiger partial charge < -0.3 is 5.32 Å². The minimum Gasteiger partial charge on any atom is -0.330 e. The van der Waals surface area contributed by atoms with Gasteiger partial charge in [-0.2, -0.15) is 0 Å². The van der Waals surface area contributed by atoms with Gasteiger partial charge in [0.05, 0.1) is 16.4 Å². The van der Waals surface area contributed by atoms with Gasteiger partial charge in [0.1, 0.15) is 5.78 Å². The third-order valence-electron chi connectivity index (χ3n) is 9.11. The Kier molecular flexibility index (Phi) is 4.46. The van der Waals surface area contributed by atoms with Crippen LogP contribution < -0.4 is 5.32 Å². The van der Waals surface area contributed by atoms with Crippen molar-refractivity contribution in [1.82, 2.24) is 4.98 Å². The molecule has 31 heavy (non-hydrogen) atoms. The Bertz CT molecular complexity index is 1110. The number of anilines is 2. The lowest BCUT2D eigenvalue weighted by Crippen LogP contribution is -2.49. The van der Waals surface area contributed by atoms with Gasteiger partial charge >= 0.3 is 0 Å². The summed E-state index contributed by atoms with van der Waals surface area (Å²) >= 11 is 8.13. The van der Waals surface area contributed by atoms with Crippen molar-refractivity contribution in [2.45, 2.75) is 58.8 Å². The predicted octanol–water partition coefficient (Wildman–Crippen LogP) is 7.29. The van der Waals surface area contributed by atoms with Crippen LogP contribution in [-0.4, -0.2) is 10.8 Å². The van der Waals surface area contributed by atoms with Crippen molar-refractivity contribution in [2.75, 3.05) is 5.32 Å². The Morgan fingerprint density at radius 1 is 1.10 bits per heavy atom. The number of nitrogens with one attached hydrogen (secondary N) is 1. The van der Waals surface area contributed by atoms with Crippen LogP contribution in [0.5, 0.6) is 0 Å². The maximum Gasteiger partial charge on any atom is 0.188 e. The van der Waals surface area contributed by atoms with Crippen molar-refractivity contribution in [3.05, 3.63) is 45.9 Å². The monoisotopic (exact) mass is 452 g/mol. The van der Waals surface area contributed by atoms with E-state index in [1.54, 1.807) is 11.3 Å². The summed E-state index contributed by atoms with van der Waals surface area (Å²) in [6.45, 7) is 4.75. The van der Waals surface area contributed by atoms with Crippen molar-refractivity contribution >= 4 is 45.1 Å². The lowest BCUT2D eigenvalue weighted by molar-refractivity contribution is -0.131. The number of hydrogen-bond donors (Lipinski definition) is 1. The number of Topliss-reactive ketones (excluding diaryl/α,β-unsaturated/α-hetero) is 1. The second-order valence-corrected chi connectivity index (χ2v) is 12.0. The van der Waals surface area contributed by atoms with Gasteiger partial charge in [-0.05, 0) is 79.4 Å². The second kappa shape index (κ2) is 6.92. The Hall–Kier alpha value is -1.65. The van der Waals surface area contributed by atoms with Crippen LogP contribution in [0.4, 0.5) is 10.8 Å². The Morgan fingerprint density at radius 3 is 2.74 bits per heavy atom. The van der Waals surface area contributed by atoms with Crippen LogP contribution in [0.25, 0.3) is 5.57 Å². The summed E-state index contributed by atoms with van der Waals surface area (Å²) in [5, 5.41) is 5.10. The number of thiazole rings is 1. The molecule has 3 nitrogen and oxygen atoms in total. The third-order valence-corrected chi connectivity index (χ3v) is 10.5. The second-order valence-electron chi connectivity index (χ2n) is 10.5. The van der Waals surface area contributed by atoms with Crippen LogP contribution in [0.2, 0.25) is 5.02 Å². The molecule has 0 radical (unpaired) electrons. The van der Waals surface area contributed by atoms with Crippen LogP contribution in [0.3, 0.4) is 0 Å². The van der Waals surface area contributed by atoms with Crippen molar-refractivity contribution in [3.8, 4) is 0 Å². The van der Waals surface area contributed by atoms with Gasteiger partial charge in [0, 0.05) is 16.7 Å². The van der Waals surface area contributed by atoms with E-state index in [9.17, 15) is 4.79 Å². The summed E-state index contributed by atoms with van der Waals surface area (Å²) in [5.41, 5.74) is 3.70. The molecular formula is C26H29ClN2OS. The number of ketones is 1. The van der Waals surface area contributed by atoms with E-state index in [0.29, 0.717) is 23.5 Å². The van der Waals surface area contributed by atoms with Crippen molar-refractivity contribution in [2.24, 2.45) is 28.6 Å². The molecule has 1 N–H and O–H groups in total. The molecule has 1 aromatic carbocycles. The number of rotatable bonds is 2. The summed E-state index contributed by atoms with van der Waals surface area (Å²) in [6.07, 6.45) is 10.0. The molecule has 0 unspecified atom stereocenters. The topological polar surface area (TPSA) is 42.0 Å². The first-order chi connectivity index (χ1) is 14.9. The SMILES string of the molecule is C[C@]12CCc3sc(Nc4ccccc4Cl)nc3C1=CC[C@@H]1[C@@H]2CC[C@]2(C)C(=O)CC[C@@H]12. The molecule has 162 valence electrons. The molecule has 5 heteroatoms. The van der Waals surface area contributed by atoms with Crippen LogP contribution in [0.15, 0.2) is 30.3 Å². The zero-order chi connectivity index (χ0) is 21.4. The minimum atomic E-state index is -0.0601. The standard InChI is InChI=1S/C26H29ClN2OS/c1-25-14-12-21-23(29-24(31-21)28-20-6-4-3-5-19(20)27)18(25)8-7-15-16-9-10-22(30)26(16,2)13-11-17(15)25/h3-6,8,15-17H,7,9-14H2,1-2H3,(H,28,29)/t15-,16-,17-,25+,26-/m0/s1. The molecular weight excluding hydrogens is 424 g/mol. The van der Waals surface area contributed by atoms with E-state index in [2.05, 4.69) is 25.2 Å². The highest BCUT2D eigenvalue weighted by Gasteiger charge is 2.58. The molecule has 1 heterocycles. The van der Waals surface area contributed by atoms with Gasteiger partial charge in [-0.25, -0.2) is 4.98 Å². The average Bonchev–Trinajstić information content (AvgIpc) is 3.29. The number of carbonyl (C=O) groups excluding carboxylic acids is 1. The molecule has 2 aromatic rings.